The van der Waals surface area contributed by atoms with Crippen molar-refractivity contribution < 1.29 is 9.37 Å². The molecule has 0 atom stereocenters. The Hall–Kier alpha value is -4.33. The number of aryl methyl sites for hydroxylation is 2. The molecule has 0 saturated heterocycles. The van der Waals surface area contributed by atoms with Gasteiger partial charge in [0.25, 0.3) is 0 Å². The second-order valence-electron chi connectivity index (χ2n) is 7.15. The molecule has 0 aliphatic rings. The fourth-order valence-corrected chi connectivity index (χ4v) is 3.67. The van der Waals surface area contributed by atoms with Crippen LogP contribution in [0.5, 0.6) is 5.75 Å². The molecule has 0 bridgehead atoms. The molecule has 170 valence electrons. The Morgan fingerprint density at radius 1 is 1.24 bits per heavy atom. The molecule has 5 rings (SSSR count). The van der Waals surface area contributed by atoms with Crippen LogP contribution in [-0.4, -0.2) is 56.6 Å². The number of pyridine rings is 1. The summed E-state index contributed by atoms with van der Waals surface area (Å²) >= 11 is 0. The van der Waals surface area contributed by atoms with E-state index in [0.29, 0.717) is 60.4 Å². The minimum atomic E-state index is 0.161. The Bertz CT molecular complexity index is 1370. The minimum absolute atomic E-state index is 0.161. The molecule has 14 nitrogen and oxygen atoms in total. The Balaban J connectivity index is 1.51. The summed E-state index contributed by atoms with van der Waals surface area (Å²) in [7, 11) is 0. The zero-order valence-electron chi connectivity index (χ0n) is 17.8. The molecule has 0 unspecified atom stereocenters. The average molecular weight is 450 g/mol. The Kier molecular flexibility index (Phi) is 5.40. The average Bonchev–Trinajstić information content (AvgIpc) is 3.62. The fourth-order valence-electron chi connectivity index (χ4n) is 3.67. The van der Waals surface area contributed by atoms with Crippen LogP contribution < -0.4 is 16.2 Å². The van der Waals surface area contributed by atoms with Gasteiger partial charge in [-0.2, -0.15) is 0 Å². The number of imidazole rings is 1. The Morgan fingerprint density at radius 3 is 2.88 bits per heavy atom. The highest BCUT2D eigenvalue weighted by atomic mass is 16.6. The molecule has 14 heteroatoms. The summed E-state index contributed by atoms with van der Waals surface area (Å²) in [5, 5.41) is 19.1. The van der Waals surface area contributed by atoms with E-state index in [4.69, 9.17) is 25.8 Å². The number of hydrogen-bond donors (Lipinski definition) is 3. The molecular formula is C19H22N12O2. The molecule has 5 N–H and O–H groups in total. The van der Waals surface area contributed by atoms with Crippen molar-refractivity contribution in [2.75, 3.05) is 12.3 Å². The van der Waals surface area contributed by atoms with Gasteiger partial charge in [0.1, 0.15) is 16.7 Å². The predicted molar refractivity (Wildman–Crippen MR) is 117 cm³/mol. The maximum absolute atomic E-state index is 6.13. The third-order valence-electron chi connectivity index (χ3n) is 5.19. The summed E-state index contributed by atoms with van der Waals surface area (Å²) in [4.78, 5) is 12.6. The van der Waals surface area contributed by atoms with Gasteiger partial charge in [-0.1, -0.05) is 0 Å². The van der Waals surface area contributed by atoms with Gasteiger partial charge in [-0.15, -0.1) is 5.10 Å². The number of ether oxygens (including phenoxy) is 1. The van der Waals surface area contributed by atoms with Crippen molar-refractivity contribution in [2.45, 2.75) is 33.0 Å². The van der Waals surface area contributed by atoms with Crippen molar-refractivity contribution in [1.29, 1.82) is 0 Å². The SMILES string of the molecule is CCn1c(-c2nonc2N)nc2c(-c3ccc[nH]3)ncc(OCCCn3nnnc3CN)c21. The van der Waals surface area contributed by atoms with Crippen LogP contribution in [0.1, 0.15) is 19.2 Å². The molecule has 0 amide bonds. The van der Waals surface area contributed by atoms with Crippen LogP contribution in [0.25, 0.3) is 33.9 Å². The highest BCUT2D eigenvalue weighted by Gasteiger charge is 2.24. The molecule has 0 aliphatic heterocycles. The number of anilines is 1. The molecular weight excluding hydrogens is 428 g/mol. The minimum Gasteiger partial charge on any atom is -0.490 e. The van der Waals surface area contributed by atoms with Crippen LogP contribution in [0.3, 0.4) is 0 Å². The number of nitrogens with two attached hydrogens (primary N) is 2. The fraction of sp³-hybridized carbons (Fsp3) is 0.316. The van der Waals surface area contributed by atoms with Crippen molar-refractivity contribution in [1.82, 2.24) is 50.0 Å². The van der Waals surface area contributed by atoms with Crippen molar-refractivity contribution in [2.24, 2.45) is 5.73 Å². The van der Waals surface area contributed by atoms with Crippen LogP contribution in [0.2, 0.25) is 0 Å². The molecule has 0 saturated carbocycles. The molecule has 0 spiro atoms. The first-order valence-corrected chi connectivity index (χ1v) is 10.4. The lowest BCUT2D eigenvalue weighted by Gasteiger charge is -2.11. The number of hydrogen-bond acceptors (Lipinski definition) is 11. The Morgan fingerprint density at radius 2 is 2.15 bits per heavy atom. The van der Waals surface area contributed by atoms with Crippen molar-refractivity contribution >= 4 is 16.9 Å². The maximum atomic E-state index is 6.13. The summed E-state index contributed by atoms with van der Waals surface area (Å²) in [5.74, 6) is 1.90. The molecule has 0 aromatic carbocycles. The Labute approximate surface area is 186 Å². The molecule has 0 fully saturated rings. The van der Waals surface area contributed by atoms with E-state index >= 15 is 0 Å². The highest BCUT2D eigenvalue weighted by Crippen LogP contribution is 2.36. The second-order valence-corrected chi connectivity index (χ2v) is 7.15. The maximum Gasteiger partial charge on any atom is 0.199 e. The van der Waals surface area contributed by atoms with E-state index in [1.54, 1.807) is 10.9 Å². The van der Waals surface area contributed by atoms with Crippen LogP contribution >= 0.6 is 0 Å². The van der Waals surface area contributed by atoms with Crippen LogP contribution in [0, 0.1) is 0 Å². The summed E-state index contributed by atoms with van der Waals surface area (Å²) in [6.45, 7) is 3.86. The molecule has 0 radical (unpaired) electrons. The van der Waals surface area contributed by atoms with Gasteiger partial charge in [0.2, 0.25) is 0 Å². The lowest BCUT2D eigenvalue weighted by Crippen LogP contribution is -2.12. The van der Waals surface area contributed by atoms with Gasteiger partial charge >= 0.3 is 0 Å². The molecule has 5 aromatic heterocycles. The first kappa shape index (κ1) is 20.6. The number of fused-ring (bicyclic) bond motifs is 1. The molecule has 0 aliphatic carbocycles. The van der Waals surface area contributed by atoms with E-state index in [9.17, 15) is 0 Å². The van der Waals surface area contributed by atoms with Gasteiger partial charge in [-0.25, -0.2) is 19.3 Å². The van der Waals surface area contributed by atoms with Gasteiger partial charge in [0, 0.05) is 25.7 Å². The smallest absolute Gasteiger partial charge is 0.199 e. The number of H-pyrrole nitrogens is 1. The number of tetrazole rings is 1. The zero-order chi connectivity index (χ0) is 22.8. The summed E-state index contributed by atoms with van der Waals surface area (Å²) in [5.41, 5.74) is 14.9. The van der Waals surface area contributed by atoms with E-state index in [2.05, 4.69) is 35.8 Å². The van der Waals surface area contributed by atoms with Gasteiger partial charge in [0.05, 0.1) is 25.0 Å². The van der Waals surface area contributed by atoms with Gasteiger partial charge in [-0.05, 0) is 39.8 Å². The number of nitrogens with one attached hydrogen (secondary N) is 1. The summed E-state index contributed by atoms with van der Waals surface area (Å²) in [6, 6.07) is 3.83. The first-order valence-electron chi connectivity index (χ1n) is 10.4. The number of aromatic amines is 1. The third-order valence-corrected chi connectivity index (χ3v) is 5.19. The van der Waals surface area contributed by atoms with E-state index < -0.39 is 0 Å². The van der Waals surface area contributed by atoms with Crippen LogP contribution in [-0.2, 0) is 19.6 Å². The van der Waals surface area contributed by atoms with Crippen molar-refractivity contribution in [3.8, 4) is 28.7 Å². The molecule has 5 heterocycles. The largest absolute Gasteiger partial charge is 0.490 e. The van der Waals surface area contributed by atoms with E-state index in [-0.39, 0.29) is 12.4 Å². The van der Waals surface area contributed by atoms with Gasteiger partial charge in [0.15, 0.2) is 28.9 Å². The molecule has 5 aromatic rings. The number of rotatable bonds is 9. The van der Waals surface area contributed by atoms with E-state index in [1.165, 1.54) is 0 Å². The monoisotopic (exact) mass is 450 g/mol. The topological polar surface area (TPSA) is 190 Å². The van der Waals surface area contributed by atoms with Crippen LogP contribution in [0.4, 0.5) is 5.82 Å². The lowest BCUT2D eigenvalue weighted by atomic mass is 10.2. The van der Waals surface area contributed by atoms with Crippen molar-refractivity contribution in [3.05, 3.63) is 30.4 Å². The van der Waals surface area contributed by atoms with Gasteiger partial charge in [-0.3, -0.25) is 0 Å². The van der Waals surface area contributed by atoms with Crippen LogP contribution in [0.15, 0.2) is 29.2 Å². The van der Waals surface area contributed by atoms with E-state index in [1.807, 2.05) is 29.8 Å². The second kappa shape index (κ2) is 8.66. The number of nitrogen functional groups attached to an aromatic ring is 1. The van der Waals surface area contributed by atoms with Gasteiger partial charge < -0.3 is 25.8 Å². The molecule has 33 heavy (non-hydrogen) atoms. The normalized spacial score (nSPS) is 11.5. The summed E-state index contributed by atoms with van der Waals surface area (Å²) in [6.07, 6.45) is 4.20. The van der Waals surface area contributed by atoms with Crippen molar-refractivity contribution in [3.63, 3.8) is 0 Å². The standard InChI is InChI=1S/C19H22N12O2/c1-2-30-17-12(32-8-4-7-31-13(9-20)25-28-29-31)10-23-14(11-5-3-6-22-11)15(17)24-19(30)16-18(21)27-33-26-16/h3,5-6,10,22H,2,4,7-9,20H2,1H3,(H2,21,27). The lowest BCUT2D eigenvalue weighted by molar-refractivity contribution is 0.298. The summed E-state index contributed by atoms with van der Waals surface area (Å²) < 4.78 is 14.6. The quantitative estimate of drug-likeness (QED) is 0.271. The number of nitrogens with zero attached hydrogens (tertiary/aromatic N) is 9. The number of aromatic nitrogens is 10. The predicted octanol–water partition coefficient (Wildman–Crippen LogP) is 0.993. The first-order chi connectivity index (χ1) is 16.2. The zero-order valence-corrected chi connectivity index (χ0v) is 17.8. The highest BCUT2D eigenvalue weighted by molar-refractivity contribution is 5.95. The van der Waals surface area contributed by atoms with E-state index in [0.717, 1.165) is 11.2 Å². The third kappa shape index (κ3) is 3.65.